The topological polar surface area (TPSA) is 64.1 Å². The minimum atomic E-state index is -0.602. The van der Waals surface area contributed by atoms with Crippen molar-refractivity contribution >= 4 is 0 Å². The van der Waals surface area contributed by atoms with Crippen LogP contribution in [0, 0.1) is 0 Å². The van der Waals surface area contributed by atoms with Gasteiger partial charge in [-0.3, -0.25) is 4.68 Å². The molecule has 0 aliphatic rings. The number of hydrogen-bond acceptors (Lipinski definition) is 3. The molecule has 0 amide bonds. The maximum atomic E-state index is 9.46. The molecule has 3 N–H and O–H groups in total. The first-order chi connectivity index (χ1) is 5.66. The van der Waals surface area contributed by atoms with Crippen LogP contribution in [0.25, 0.3) is 0 Å². The van der Waals surface area contributed by atoms with E-state index in [-0.39, 0.29) is 12.6 Å². The Kier molecular flexibility index (Phi) is 2.83. The molecule has 0 unspecified atom stereocenters. The SMILES string of the molecule is CC(C)n1nccc1[C@@H](O)CN. The van der Waals surface area contributed by atoms with Gasteiger partial charge in [0.05, 0.1) is 5.69 Å². The van der Waals surface area contributed by atoms with Crippen LogP contribution in [-0.4, -0.2) is 21.4 Å². The van der Waals surface area contributed by atoms with Gasteiger partial charge in [0.15, 0.2) is 0 Å². The van der Waals surface area contributed by atoms with Crippen molar-refractivity contribution in [1.82, 2.24) is 9.78 Å². The first-order valence-corrected chi connectivity index (χ1v) is 4.08. The van der Waals surface area contributed by atoms with Crippen LogP contribution in [0.15, 0.2) is 12.3 Å². The normalized spacial score (nSPS) is 13.8. The zero-order valence-electron chi connectivity index (χ0n) is 7.44. The molecule has 1 heterocycles. The molecule has 0 bridgehead atoms. The molecule has 12 heavy (non-hydrogen) atoms. The third-order valence-corrected chi connectivity index (χ3v) is 1.75. The lowest BCUT2D eigenvalue weighted by Gasteiger charge is -2.13. The zero-order valence-corrected chi connectivity index (χ0v) is 7.44. The smallest absolute Gasteiger partial charge is 0.108 e. The van der Waals surface area contributed by atoms with E-state index in [0.29, 0.717) is 0 Å². The van der Waals surface area contributed by atoms with Crippen molar-refractivity contribution in [1.29, 1.82) is 0 Å². The summed E-state index contributed by atoms with van der Waals surface area (Å²) >= 11 is 0. The van der Waals surface area contributed by atoms with E-state index < -0.39 is 6.10 Å². The summed E-state index contributed by atoms with van der Waals surface area (Å²) in [6, 6.07) is 2.05. The quantitative estimate of drug-likeness (QED) is 0.690. The average Bonchev–Trinajstić information content (AvgIpc) is 2.50. The highest BCUT2D eigenvalue weighted by Gasteiger charge is 2.12. The first kappa shape index (κ1) is 9.22. The summed E-state index contributed by atoms with van der Waals surface area (Å²) < 4.78 is 1.78. The Morgan fingerprint density at radius 1 is 1.67 bits per heavy atom. The summed E-state index contributed by atoms with van der Waals surface area (Å²) in [7, 11) is 0. The second-order valence-electron chi connectivity index (χ2n) is 3.05. The Hall–Kier alpha value is -0.870. The summed E-state index contributed by atoms with van der Waals surface area (Å²) in [5, 5.41) is 13.5. The molecule has 1 aromatic heterocycles. The van der Waals surface area contributed by atoms with Crippen LogP contribution < -0.4 is 5.73 Å². The fourth-order valence-corrected chi connectivity index (χ4v) is 1.14. The predicted molar refractivity (Wildman–Crippen MR) is 46.6 cm³/mol. The number of rotatable bonds is 3. The van der Waals surface area contributed by atoms with E-state index in [9.17, 15) is 5.11 Å². The molecule has 0 aliphatic heterocycles. The second-order valence-corrected chi connectivity index (χ2v) is 3.05. The summed E-state index contributed by atoms with van der Waals surface area (Å²) in [4.78, 5) is 0. The number of hydrogen-bond donors (Lipinski definition) is 2. The molecule has 4 nitrogen and oxygen atoms in total. The maximum Gasteiger partial charge on any atom is 0.108 e. The Balaban J connectivity index is 2.91. The van der Waals surface area contributed by atoms with Crippen LogP contribution >= 0.6 is 0 Å². The summed E-state index contributed by atoms with van der Waals surface area (Å²) in [5.74, 6) is 0. The zero-order chi connectivity index (χ0) is 9.14. The fourth-order valence-electron chi connectivity index (χ4n) is 1.14. The number of nitrogens with zero attached hydrogens (tertiary/aromatic N) is 2. The minimum absolute atomic E-state index is 0.235. The van der Waals surface area contributed by atoms with Crippen LogP contribution in [0.5, 0.6) is 0 Å². The molecular formula is C8H15N3O. The lowest BCUT2D eigenvalue weighted by Crippen LogP contribution is -2.17. The molecular weight excluding hydrogens is 154 g/mol. The molecule has 0 aromatic carbocycles. The highest BCUT2D eigenvalue weighted by atomic mass is 16.3. The van der Waals surface area contributed by atoms with Gasteiger partial charge < -0.3 is 10.8 Å². The van der Waals surface area contributed by atoms with Crippen molar-refractivity contribution in [3.8, 4) is 0 Å². The third-order valence-electron chi connectivity index (χ3n) is 1.75. The molecule has 0 saturated heterocycles. The second kappa shape index (κ2) is 3.69. The molecule has 1 aromatic rings. The van der Waals surface area contributed by atoms with E-state index in [1.165, 1.54) is 0 Å². The maximum absolute atomic E-state index is 9.46. The van der Waals surface area contributed by atoms with Crippen LogP contribution in [-0.2, 0) is 0 Å². The van der Waals surface area contributed by atoms with Crippen LogP contribution in [0.3, 0.4) is 0 Å². The highest BCUT2D eigenvalue weighted by molar-refractivity contribution is 5.05. The van der Waals surface area contributed by atoms with Gasteiger partial charge >= 0.3 is 0 Å². The number of nitrogens with two attached hydrogens (primary N) is 1. The Bertz CT molecular complexity index is 244. The van der Waals surface area contributed by atoms with E-state index in [4.69, 9.17) is 5.73 Å². The van der Waals surface area contributed by atoms with Crippen molar-refractivity contribution in [2.45, 2.75) is 26.0 Å². The van der Waals surface area contributed by atoms with Gasteiger partial charge in [-0.15, -0.1) is 0 Å². The van der Waals surface area contributed by atoms with Crippen LogP contribution in [0.2, 0.25) is 0 Å². The largest absolute Gasteiger partial charge is 0.385 e. The third kappa shape index (κ3) is 1.65. The Morgan fingerprint density at radius 2 is 2.33 bits per heavy atom. The van der Waals surface area contributed by atoms with Crippen LogP contribution in [0.1, 0.15) is 31.7 Å². The summed E-state index contributed by atoms with van der Waals surface area (Å²) in [5.41, 5.74) is 6.13. The van der Waals surface area contributed by atoms with Crippen molar-refractivity contribution in [2.75, 3.05) is 6.54 Å². The molecule has 0 fully saturated rings. The lowest BCUT2D eigenvalue weighted by molar-refractivity contribution is 0.173. The van der Waals surface area contributed by atoms with Gasteiger partial charge in [-0.1, -0.05) is 0 Å². The summed E-state index contributed by atoms with van der Waals surface area (Å²) in [6.07, 6.45) is 1.07. The molecule has 0 aliphatic carbocycles. The highest BCUT2D eigenvalue weighted by Crippen LogP contribution is 2.14. The van der Waals surface area contributed by atoms with E-state index in [0.717, 1.165) is 5.69 Å². The van der Waals surface area contributed by atoms with Crippen molar-refractivity contribution < 1.29 is 5.11 Å². The van der Waals surface area contributed by atoms with E-state index in [1.807, 2.05) is 13.8 Å². The van der Waals surface area contributed by atoms with Crippen molar-refractivity contribution in [2.24, 2.45) is 5.73 Å². The lowest BCUT2D eigenvalue weighted by atomic mass is 10.2. The van der Waals surface area contributed by atoms with Gasteiger partial charge in [0.25, 0.3) is 0 Å². The molecule has 1 rings (SSSR count). The molecule has 68 valence electrons. The molecule has 0 saturated carbocycles. The molecule has 4 heteroatoms. The van der Waals surface area contributed by atoms with Crippen LogP contribution in [0.4, 0.5) is 0 Å². The first-order valence-electron chi connectivity index (χ1n) is 4.08. The average molecular weight is 169 g/mol. The summed E-state index contributed by atoms with van der Waals surface area (Å²) in [6.45, 7) is 4.26. The monoisotopic (exact) mass is 169 g/mol. The predicted octanol–water partition coefficient (Wildman–Crippen LogP) is 0.456. The Labute approximate surface area is 72.0 Å². The standard InChI is InChI=1S/C8H15N3O/c1-6(2)11-7(3-4-10-11)8(12)5-9/h3-4,6,8,12H,5,9H2,1-2H3/t8-/m0/s1. The molecule has 1 atom stereocenters. The molecule has 0 radical (unpaired) electrons. The fraction of sp³-hybridized carbons (Fsp3) is 0.625. The number of aliphatic hydroxyl groups is 1. The number of aliphatic hydroxyl groups excluding tert-OH is 1. The van der Waals surface area contributed by atoms with Gasteiger partial charge in [-0.25, -0.2) is 0 Å². The van der Waals surface area contributed by atoms with Gasteiger partial charge in [0, 0.05) is 18.8 Å². The molecule has 0 spiro atoms. The van der Waals surface area contributed by atoms with Gasteiger partial charge in [0.2, 0.25) is 0 Å². The number of aromatic nitrogens is 2. The van der Waals surface area contributed by atoms with E-state index >= 15 is 0 Å². The minimum Gasteiger partial charge on any atom is -0.385 e. The Morgan fingerprint density at radius 3 is 2.83 bits per heavy atom. The van der Waals surface area contributed by atoms with E-state index in [2.05, 4.69) is 5.10 Å². The van der Waals surface area contributed by atoms with Gasteiger partial charge in [-0.2, -0.15) is 5.10 Å². The van der Waals surface area contributed by atoms with Gasteiger partial charge in [-0.05, 0) is 19.9 Å². The van der Waals surface area contributed by atoms with Crippen molar-refractivity contribution in [3.05, 3.63) is 18.0 Å². The van der Waals surface area contributed by atoms with Crippen molar-refractivity contribution in [3.63, 3.8) is 0 Å². The van der Waals surface area contributed by atoms with E-state index in [1.54, 1.807) is 16.9 Å². The van der Waals surface area contributed by atoms with Gasteiger partial charge in [0.1, 0.15) is 6.10 Å².